The van der Waals surface area contributed by atoms with Crippen LogP contribution in [0.1, 0.15) is 66.7 Å². The number of piperidine rings is 1. The molecule has 1 atom stereocenters. The van der Waals surface area contributed by atoms with Crippen molar-refractivity contribution in [1.82, 2.24) is 9.88 Å². The van der Waals surface area contributed by atoms with E-state index >= 15 is 0 Å². The van der Waals surface area contributed by atoms with Gasteiger partial charge in [0.1, 0.15) is 5.60 Å². The molecule has 2 rings (SSSR count). The Bertz CT molecular complexity index is 736. The number of carbonyl (C=O) groups is 1. The fraction of sp³-hybridized carbons (Fsp3) is 0.652. The van der Waals surface area contributed by atoms with E-state index in [-0.39, 0.29) is 11.5 Å². The van der Waals surface area contributed by atoms with E-state index in [1.165, 1.54) is 23.1 Å². The molecule has 31 heavy (non-hydrogen) atoms. The zero-order valence-electron chi connectivity index (χ0n) is 19.8. The highest BCUT2D eigenvalue weighted by Crippen LogP contribution is 2.44. The van der Waals surface area contributed by atoms with Crippen LogP contribution in [0.5, 0.6) is 0 Å². The van der Waals surface area contributed by atoms with E-state index in [0.717, 1.165) is 43.9 Å². The largest absolute Gasteiger partial charge is 0.444 e. The summed E-state index contributed by atoms with van der Waals surface area (Å²) in [6.07, 6.45) is 13.5. The van der Waals surface area contributed by atoms with E-state index in [2.05, 4.69) is 42.3 Å². The smallest absolute Gasteiger partial charge is 0.410 e. The third-order valence-corrected chi connectivity index (χ3v) is 7.63. The van der Waals surface area contributed by atoms with Crippen LogP contribution in [0, 0.1) is 5.41 Å². The van der Waals surface area contributed by atoms with Crippen molar-refractivity contribution < 1.29 is 14.2 Å². The highest BCUT2D eigenvalue weighted by Gasteiger charge is 2.35. The average Bonchev–Trinajstić information content (AvgIpc) is 3.22. The van der Waals surface area contributed by atoms with Gasteiger partial charge in [-0.3, -0.25) is 0 Å². The number of thiazole rings is 1. The summed E-state index contributed by atoms with van der Waals surface area (Å²) in [5, 5.41) is 3.88. The maximum atomic E-state index is 12.4. The van der Waals surface area contributed by atoms with Crippen molar-refractivity contribution in [1.29, 1.82) is 0 Å². The van der Waals surface area contributed by atoms with E-state index in [1.54, 1.807) is 6.20 Å². The number of hydrogen-bond acceptors (Lipinski definition) is 6. The number of allylic oxidation sites excluding steroid dienone is 4. The molecule has 1 fully saturated rings. The summed E-state index contributed by atoms with van der Waals surface area (Å²) in [5.74, 6) is 0. The SMILES string of the molecule is C/C=C(\C=C/CC1(CCC)CCN(C(=O)OC(C)(C)C)CC1)P(C)ONc1nccs1. The summed E-state index contributed by atoms with van der Waals surface area (Å²) < 4.78 is 11.4. The summed E-state index contributed by atoms with van der Waals surface area (Å²) in [5.41, 5.74) is 2.75. The summed E-state index contributed by atoms with van der Waals surface area (Å²) in [4.78, 5) is 18.5. The van der Waals surface area contributed by atoms with Crippen LogP contribution >= 0.6 is 19.5 Å². The lowest BCUT2D eigenvalue weighted by Gasteiger charge is -2.41. The quantitative estimate of drug-likeness (QED) is 0.237. The number of aromatic nitrogens is 1. The molecule has 8 heteroatoms. The molecule has 0 aliphatic carbocycles. The summed E-state index contributed by atoms with van der Waals surface area (Å²) in [7, 11) is -0.771. The molecule has 0 radical (unpaired) electrons. The van der Waals surface area contributed by atoms with Crippen molar-refractivity contribution in [3.63, 3.8) is 0 Å². The van der Waals surface area contributed by atoms with Gasteiger partial charge in [-0.15, -0.1) is 11.3 Å². The monoisotopic (exact) mass is 467 g/mol. The first-order valence-corrected chi connectivity index (χ1v) is 13.6. The molecule has 1 unspecified atom stereocenters. The molecular formula is C23H38N3O3PS. The second-order valence-corrected chi connectivity index (χ2v) is 11.7. The number of nitrogens with one attached hydrogen (secondary N) is 1. The van der Waals surface area contributed by atoms with Gasteiger partial charge in [-0.2, -0.15) is 0 Å². The minimum atomic E-state index is -0.771. The normalized spacial score (nSPS) is 18.3. The third-order valence-electron chi connectivity index (χ3n) is 5.46. The minimum absolute atomic E-state index is 0.189. The van der Waals surface area contributed by atoms with Gasteiger partial charge in [0.2, 0.25) is 5.13 Å². The molecule has 0 aromatic carbocycles. The number of nitrogens with zero attached hydrogens (tertiary/aromatic N) is 2. The fourth-order valence-corrected chi connectivity index (χ4v) is 5.35. The van der Waals surface area contributed by atoms with Gasteiger partial charge in [-0.25, -0.2) is 19.9 Å². The summed E-state index contributed by atoms with van der Waals surface area (Å²) in [6, 6.07) is 0. The van der Waals surface area contributed by atoms with Crippen LogP contribution in [-0.2, 0) is 9.36 Å². The average molecular weight is 468 g/mol. The maximum Gasteiger partial charge on any atom is 0.410 e. The van der Waals surface area contributed by atoms with Crippen molar-refractivity contribution in [3.8, 4) is 0 Å². The van der Waals surface area contributed by atoms with Gasteiger partial charge in [0.15, 0.2) is 0 Å². The van der Waals surface area contributed by atoms with Crippen LogP contribution in [0.15, 0.2) is 35.1 Å². The Hall–Kier alpha value is -1.43. The van der Waals surface area contributed by atoms with Crippen LogP contribution < -0.4 is 5.48 Å². The van der Waals surface area contributed by atoms with Gasteiger partial charge in [-0.1, -0.05) is 31.6 Å². The molecule has 1 aromatic rings. The Labute approximate surface area is 192 Å². The van der Waals surface area contributed by atoms with E-state index < -0.39 is 13.7 Å². The standard InChI is InChI=1S/C23H38N3O3PS/c1-7-11-23(13-16-26(17-14-23)21(27)28-22(3,4)5)12-9-10-19(8-2)30(6)29-25-20-24-15-18-31-20/h8-10,15,18H,7,11-14,16-17H2,1-6H3,(H,24,25)/b10-9-,19-8+. The van der Waals surface area contributed by atoms with Crippen molar-refractivity contribution in [2.75, 3.05) is 25.2 Å². The Kier molecular flexibility index (Phi) is 9.98. The maximum absolute atomic E-state index is 12.4. The first kappa shape index (κ1) is 25.8. The minimum Gasteiger partial charge on any atom is -0.444 e. The number of ether oxygens (including phenoxy) is 1. The van der Waals surface area contributed by atoms with Gasteiger partial charge < -0.3 is 9.64 Å². The molecule has 1 aliphatic rings. The molecule has 6 nitrogen and oxygen atoms in total. The van der Waals surface area contributed by atoms with E-state index in [1.807, 2.05) is 38.0 Å². The van der Waals surface area contributed by atoms with Gasteiger partial charge in [-0.05, 0) is 65.5 Å². The van der Waals surface area contributed by atoms with Crippen LogP contribution in [-0.4, -0.2) is 41.3 Å². The molecule has 1 amide bonds. The van der Waals surface area contributed by atoms with Gasteiger partial charge in [0.25, 0.3) is 0 Å². The van der Waals surface area contributed by atoms with Gasteiger partial charge in [0.05, 0.1) is 8.15 Å². The molecule has 0 bridgehead atoms. The third kappa shape index (κ3) is 8.55. The number of amides is 1. The van der Waals surface area contributed by atoms with Crippen molar-refractivity contribution in [2.45, 2.75) is 72.3 Å². The molecular weight excluding hydrogens is 429 g/mol. The molecule has 0 saturated carbocycles. The van der Waals surface area contributed by atoms with Gasteiger partial charge >= 0.3 is 6.09 Å². The Morgan fingerprint density at radius 2 is 2.10 bits per heavy atom. The van der Waals surface area contributed by atoms with E-state index in [0.29, 0.717) is 0 Å². The number of rotatable bonds is 9. The molecule has 1 aliphatic heterocycles. The predicted molar refractivity (Wildman–Crippen MR) is 132 cm³/mol. The fourth-order valence-electron chi connectivity index (χ4n) is 3.82. The van der Waals surface area contributed by atoms with Crippen molar-refractivity contribution in [3.05, 3.63) is 35.1 Å². The predicted octanol–water partition coefficient (Wildman–Crippen LogP) is 7.18. The highest BCUT2D eigenvalue weighted by molar-refractivity contribution is 7.56. The lowest BCUT2D eigenvalue weighted by molar-refractivity contribution is 0.00910. The van der Waals surface area contributed by atoms with Crippen molar-refractivity contribution in [2.24, 2.45) is 5.41 Å². The Morgan fingerprint density at radius 3 is 2.65 bits per heavy atom. The number of carbonyl (C=O) groups excluding carboxylic acids is 1. The zero-order chi connectivity index (χ0) is 22.9. The Morgan fingerprint density at radius 1 is 1.39 bits per heavy atom. The molecule has 1 saturated heterocycles. The Balaban J connectivity index is 1.90. The number of anilines is 1. The first-order chi connectivity index (χ1) is 14.7. The van der Waals surface area contributed by atoms with Crippen LogP contribution in [0.2, 0.25) is 0 Å². The molecule has 2 heterocycles. The zero-order valence-corrected chi connectivity index (χ0v) is 21.5. The van der Waals surface area contributed by atoms with Crippen LogP contribution in [0.25, 0.3) is 0 Å². The highest BCUT2D eigenvalue weighted by atomic mass is 32.1. The number of hydrogen-bond donors (Lipinski definition) is 1. The van der Waals surface area contributed by atoms with Crippen LogP contribution in [0.4, 0.5) is 9.93 Å². The molecule has 1 N–H and O–H groups in total. The summed E-state index contributed by atoms with van der Waals surface area (Å²) >= 11 is 1.52. The number of likely N-dealkylation sites (tertiary alicyclic amines) is 1. The van der Waals surface area contributed by atoms with Gasteiger partial charge in [0, 0.05) is 30.0 Å². The molecule has 0 spiro atoms. The van der Waals surface area contributed by atoms with E-state index in [4.69, 9.17) is 9.36 Å². The first-order valence-electron chi connectivity index (χ1n) is 11.0. The molecule has 174 valence electrons. The lowest BCUT2D eigenvalue weighted by Crippen LogP contribution is -2.45. The topological polar surface area (TPSA) is 63.7 Å². The lowest BCUT2D eigenvalue weighted by atomic mass is 9.72. The second kappa shape index (κ2) is 12.0. The van der Waals surface area contributed by atoms with Crippen molar-refractivity contribution >= 4 is 30.7 Å². The second-order valence-electron chi connectivity index (χ2n) is 9.07. The molecule has 1 aromatic heterocycles. The van der Waals surface area contributed by atoms with E-state index in [9.17, 15) is 4.79 Å². The summed E-state index contributed by atoms with van der Waals surface area (Å²) in [6.45, 7) is 13.7. The van der Waals surface area contributed by atoms with Crippen LogP contribution in [0.3, 0.4) is 0 Å².